The Morgan fingerprint density at radius 1 is 1.30 bits per heavy atom. The molecule has 1 aromatic carbocycles. The summed E-state index contributed by atoms with van der Waals surface area (Å²) < 4.78 is 24.3. The van der Waals surface area contributed by atoms with Crippen molar-refractivity contribution in [3.63, 3.8) is 0 Å². The lowest BCUT2D eigenvalue weighted by Crippen LogP contribution is -2.26. The maximum atomic E-state index is 13.1. The van der Waals surface area contributed by atoms with Crippen LogP contribution in [-0.4, -0.2) is 24.3 Å². The van der Waals surface area contributed by atoms with Gasteiger partial charge in [-0.2, -0.15) is 0 Å². The molecule has 0 saturated carbocycles. The van der Waals surface area contributed by atoms with Crippen LogP contribution in [0.15, 0.2) is 47.9 Å². The summed E-state index contributed by atoms with van der Waals surface area (Å²) in [7, 11) is 1.19. The molecule has 0 bridgehead atoms. The normalized spacial score (nSPS) is 10.2. The number of nitrogens with zero attached hydrogens (tertiary/aromatic N) is 1. The highest BCUT2D eigenvalue weighted by atomic mass is 19.1. The molecule has 0 aliphatic heterocycles. The number of rotatable bonds is 5. The van der Waals surface area contributed by atoms with Gasteiger partial charge in [0.2, 0.25) is 0 Å². The summed E-state index contributed by atoms with van der Waals surface area (Å²) in [6.45, 7) is 5.95. The zero-order chi connectivity index (χ0) is 17.0. The molecule has 0 spiro atoms. The van der Waals surface area contributed by atoms with Crippen LogP contribution in [0.1, 0.15) is 22.8 Å². The summed E-state index contributed by atoms with van der Waals surface area (Å²) in [6.07, 6.45) is 1.49. The van der Waals surface area contributed by atoms with Crippen molar-refractivity contribution in [1.82, 2.24) is 4.57 Å². The number of carbonyl (C=O) groups is 1. The van der Waals surface area contributed by atoms with E-state index in [0.29, 0.717) is 23.6 Å². The molecule has 5 nitrogen and oxygen atoms in total. The number of carbonyl (C=O) groups excluding carboxylic acids is 1. The molecule has 0 amide bonds. The Labute approximate surface area is 132 Å². The Hall–Kier alpha value is -2.89. The number of hydrogen-bond acceptors (Lipinski definition) is 4. The average molecular weight is 317 g/mol. The molecule has 0 saturated heterocycles. The largest absolute Gasteiger partial charge is 0.494 e. The van der Waals surface area contributed by atoms with Crippen LogP contribution < -0.4 is 5.56 Å². The number of esters is 1. The zero-order valence-electron chi connectivity index (χ0n) is 12.8. The summed E-state index contributed by atoms with van der Waals surface area (Å²) in [5, 5.41) is 0. The monoisotopic (exact) mass is 317 g/mol. The van der Waals surface area contributed by atoms with E-state index in [1.165, 1.54) is 48.2 Å². The lowest BCUT2D eigenvalue weighted by molar-refractivity contribution is 0.0598. The lowest BCUT2D eigenvalue weighted by atomic mass is 10.1. The van der Waals surface area contributed by atoms with E-state index in [2.05, 4.69) is 11.3 Å². The molecular formula is C17H16FNO4. The van der Waals surface area contributed by atoms with Gasteiger partial charge in [-0.25, -0.2) is 9.18 Å². The predicted octanol–water partition coefficient (Wildman–Crippen LogP) is 2.77. The van der Waals surface area contributed by atoms with E-state index in [-0.39, 0.29) is 5.56 Å². The van der Waals surface area contributed by atoms with Crippen molar-refractivity contribution >= 4 is 11.7 Å². The Kier molecular flexibility index (Phi) is 4.95. The standard InChI is InChI=1S/C17H16FNO4/c1-4-23-11(2)12-9-15(17(21)22-3)16(20)19(10-12)14-7-5-13(18)6-8-14/h5-10H,2,4H2,1,3H3. The second-order valence-electron chi connectivity index (χ2n) is 4.64. The second-order valence-corrected chi connectivity index (χ2v) is 4.64. The summed E-state index contributed by atoms with van der Waals surface area (Å²) >= 11 is 0. The molecule has 0 aliphatic carbocycles. The molecule has 0 fully saturated rings. The second kappa shape index (κ2) is 6.91. The van der Waals surface area contributed by atoms with Crippen LogP contribution in [0.3, 0.4) is 0 Å². The fraction of sp³-hybridized carbons (Fsp3) is 0.176. The number of ether oxygens (including phenoxy) is 2. The quantitative estimate of drug-likeness (QED) is 0.628. The van der Waals surface area contributed by atoms with Gasteiger partial charge in [0, 0.05) is 17.4 Å². The third-order valence-electron chi connectivity index (χ3n) is 3.17. The first-order chi connectivity index (χ1) is 11.0. The SMILES string of the molecule is C=C(OCC)c1cc(C(=O)OC)c(=O)n(-c2ccc(F)cc2)c1. The van der Waals surface area contributed by atoms with Crippen LogP contribution in [0.4, 0.5) is 4.39 Å². The first-order valence-corrected chi connectivity index (χ1v) is 6.91. The number of aromatic nitrogens is 1. The minimum Gasteiger partial charge on any atom is -0.494 e. The molecule has 1 aromatic heterocycles. The van der Waals surface area contributed by atoms with Crippen molar-refractivity contribution < 1.29 is 18.7 Å². The van der Waals surface area contributed by atoms with Gasteiger partial charge in [-0.15, -0.1) is 0 Å². The van der Waals surface area contributed by atoms with Gasteiger partial charge in [0.1, 0.15) is 17.1 Å². The molecular weight excluding hydrogens is 301 g/mol. The highest BCUT2D eigenvalue weighted by Gasteiger charge is 2.17. The van der Waals surface area contributed by atoms with Gasteiger partial charge >= 0.3 is 5.97 Å². The Bertz CT molecular complexity index is 793. The van der Waals surface area contributed by atoms with E-state index < -0.39 is 17.3 Å². The van der Waals surface area contributed by atoms with Gasteiger partial charge in [-0.05, 0) is 37.3 Å². The van der Waals surface area contributed by atoms with Gasteiger partial charge in [0.05, 0.1) is 13.7 Å². The lowest BCUT2D eigenvalue weighted by Gasteiger charge is -2.13. The third kappa shape index (κ3) is 3.48. The van der Waals surface area contributed by atoms with E-state index in [1.807, 2.05) is 0 Å². The van der Waals surface area contributed by atoms with E-state index in [0.717, 1.165) is 0 Å². The molecule has 2 rings (SSSR count). The van der Waals surface area contributed by atoms with Crippen LogP contribution in [0.5, 0.6) is 0 Å². The van der Waals surface area contributed by atoms with Crippen molar-refractivity contribution in [3.05, 3.63) is 70.4 Å². The van der Waals surface area contributed by atoms with Crippen LogP contribution in [-0.2, 0) is 9.47 Å². The van der Waals surface area contributed by atoms with Gasteiger partial charge < -0.3 is 9.47 Å². The van der Waals surface area contributed by atoms with Gasteiger partial charge in [-0.1, -0.05) is 6.58 Å². The van der Waals surface area contributed by atoms with E-state index in [1.54, 1.807) is 6.92 Å². The smallest absolute Gasteiger partial charge is 0.343 e. The van der Waals surface area contributed by atoms with E-state index in [4.69, 9.17) is 4.74 Å². The number of methoxy groups -OCH3 is 1. The van der Waals surface area contributed by atoms with Crippen LogP contribution in [0.2, 0.25) is 0 Å². The van der Waals surface area contributed by atoms with E-state index >= 15 is 0 Å². The summed E-state index contributed by atoms with van der Waals surface area (Å²) in [5.74, 6) is -0.879. The topological polar surface area (TPSA) is 57.5 Å². The molecule has 0 atom stereocenters. The maximum absolute atomic E-state index is 13.1. The van der Waals surface area contributed by atoms with E-state index in [9.17, 15) is 14.0 Å². The average Bonchev–Trinajstić information content (AvgIpc) is 2.55. The minimum atomic E-state index is -0.767. The Morgan fingerprint density at radius 3 is 2.52 bits per heavy atom. The summed E-state index contributed by atoms with van der Waals surface area (Å²) in [4.78, 5) is 24.3. The van der Waals surface area contributed by atoms with Crippen LogP contribution in [0.25, 0.3) is 11.4 Å². The molecule has 6 heteroatoms. The van der Waals surface area contributed by atoms with Crippen molar-refractivity contribution in [3.8, 4) is 5.69 Å². The number of hydrogen-bond donors (Lipinski definition) is 0. The first kappa shape index (κ1) is 16.5. The predicted molar refractivity (Wildman–Crippen MR) is 84.0 cm³/mol. The summed E-state index contributed by atoms with van der Waals surface area (Å²) in [5.41, 5.74) is 0.135. The molecule has 0 N–H and O–H groups in total. The maximum Gasteiger partial charge on any atom is 0.343 e. The summed E-state index contributed by atoms with van der Waals surface area (Å²) in [6, 6.07) is 6.69. The molecule has 23 heavy (non-hydrogen) atoms. The number of pyridine rings is 1. The fourth-order valence-corrected chi connectivity index (χ4v) is 2.04. The van der Waals surface area contributed by atoms with Crippen LogP contribution >= 0.6 is 0 Å². The molecule has 0 radical (unpaired) electrons. The van der Waals surface area contributed by atoms with Gasteiger partial charge in [-0.3, -0.25) is 9.36 Å². The van der Waals surface area contributed by atoms with Crippen molar-refractivity contribution in [2.24, 2.45) is 0 Å². The number of halogens is 1. The van der Waals surface area contributed by atoms with Crippen LogP contribution in [0, 0.1) is 5.82 Å². The fourth-order valence-electron chi connectivity index (χ4n) is 2.04. The first-order valence-electron chi connectivity index (χ1n) is 6.91. The molecule has 0 unspecified atom stereocenters. The number of benzene rings is 1. The van der Waals surface area contributed by atoms with Crippen molar-refractivity contribution in [2.45, 2.75) is 6.92 Å². The molecule has 120 valence electrons. The van der Waals surface area contributed by atoms with Gasteiger partial charge in [0.15, 0.2) is 0 Å². The molecule has 0 aliphatic rings. The highest BCUT2D eigenvalue weighted by molar-refractivity contribution is 5.89. The van der Waals surface area contributed by atoms with Crippen molar-refractivity contribution in [1.29, 1.82) is 0 Å². The Morgan fingerprint density at radius 2 is 1.96 bits per heavy atom. The Balaban J connectivity index is 2.66. The molecule has 1 heterocycles. The zero-order valence-corrected chi connectivity index (χ0v) is 12.8. The minimum absolute atomic E-state index is 0.157. The van der Waals surface area contributed by atoms with Crippen molar-refractivity contribution in [2.75, 3.05) is 13.7 Å². The highest BCUT2D eigenvalue weighted by Crippen LogP contribution is 2.16. The molecule has 2 aromatic rings. The third-order valence-corrected chi connectivity index (χ3v) is 3.17. The van der Waals surface area contributed by atoms with Gasteiger partial charge in [0.25, 0.3) is 5.56 Å².